The van der Waals surface area contributed by atoms with Gasteiger partial charge in [0.05, 0.1) is 6.26 Å². The SMILES string of the molecule is CS(=O)(=O)N[C@H]1CCN([C@@H]2CCc3c(F)cc(F)cc32)C1. The highest BCUT2D eigenvalue weighted by Gasteiger charge is 2.35. The molecule has 1 heterocycles. The molecule has 0 aromatic heterocycles. The summed E-state index contributed by atoms with van der Waals surface area (Å²) < 4.78 is 52.3. The van der Waals surface area contributed by atoms with Crippen LogP contribution in [-0.4, -0.2) is 38.7 Å². The maximum absolute atomic E-state index is 13.8. The molecule has 0 bridgehead atoms. The van der Waals surface area contributed by atoms with Gasteiger partial charge in [-0.25, -0.2) is 21.9 Å². The molecule has 1 aliphatic heterocycles. The van der Waals surface area contributed by atoms with Crippen molar-refractivity contribution in [3.8, 4) is 0 Å². The van der Waals surface area contributed by atoms with Gasteiger partial charge in [-0.1, -0.05) is 0 Å². The zero-order valence-electron chi connectivity index (χ0n) is 11.8. The van der Waals surface area contributed by atoms with E-state index < -0.39 is 21.7 Å². The van der Waals surface area contributed by atoms with E-state index in [2.05, 4.69) is 9.62 Å². The standard InChI is InChI=1S/C14H18F2N2O2S/c1-21(19,20)17-10-4-5-18(8-10)14-3-2-11-12(14)6-9(15)7-13(11)16/h6-7,10,14,17H,2-5,8H2,1H3/t10-,14+/m0/s1. The van der Waals surface area contributed by atoms with Crippen molar-refractivity contribution >= 4 is 10.0 Å². The minimum Gasteiger partial charge on any atom is -0.295 e. The van der Waals surface area contributed by atoms with Gasteiger partial charge in [0.1, 0.15) is 11.6 Å². The molecule has 1 aliphatic carbocycles. The predicted octanol–water partition coefficient (Wildman–Crippen LogP) is 1.58. The van der Waals surface area contributed by atoms with Crippen molar-refractivity contribution in [3.63, 3.8) is 0 Å². The lowest BCUT2D eigenvalue weighted by atomic mass is 10.1. The first-order valence-corrected chi connectivity index (χ1v) is 8.92. The fourth-order valence-corrected chi connectivity index (χ4v) is 4.27. The molecule has 21 heavy (non-hydrogen) atoms. The molecule has 1 aromatic rings. The van der Waals surface area contributed by atoms with Crippen molar-refractivity contribution in [3.05, 3.63) is 34.9 Å². The molecule has 2 aliphatic rings. The molecule has 0 radical (unpaired) electrons. The largest absolute Gasteiger partial charge is 0.295 e. The third-order valence-corrected chi connectivity index (χ3v) is 5.02. The lowest BCUT2D eigenvalue weighted by Crippen LogP contribution is -2.36. The van der Waals surface area contributed by atoms with Crippen LogP contribution in [0.1, 0.15) is 30.0 Å². The average Bonchev–Trinajstić information content (AvgIpc) is 2.93. The Bertz CT molecular complexity index is 663. The van der Waals surface area contributed by atoms with E-state index >= 15 is 0 Å². The second-order valence-electron chi connectivity index (χ2n) is 5.88. The van der Waals surface area contributed by atoms with Crippen LogP contribution >= 0.6 is 0 Å². The van der Waals surface area contributed by atoms with Crippen molar-refractivity contribution < 1.29 is 17.2 Å². The van der Waals surface area contributed by atoms with Gasteiger partial charge < -0.3 is 0 Å². The number of hydrogen-bond donors (Lipinski definition) is 1. The number of rotatable bonds is 3. The summed E-state index contributed by atoms with van der Waals surface area (Å²) >= 11 is 0. The number of halogens is 2. The van der Waals surface area contributed by atoms with E-state index in [0.29, 0.717) is 24.1 Å². The molecule has 4 nitrogen and oxygen atoms in total. The van der Waals surface area contributed by atoms with Crippen LogP contribution in [0.5, 0.6) is 0 Å². The molecule has 2 atom stereocenters. The fourth-order valence-electron chi connectivity index (χ4n) is 3.47. The zero-order chi connectivity index (χ0) is 15.2. The maximum atomic E-state index is 13.8. The Morgan fingerprint density at radius 1 is 1.29 bits per heavy atom. The number of benzene rings is 1. The second-order valence-corrected chi connectivity index (χ2v) is 7.66. The number of sulfonamides is 1. The summed E-state index contributed by atoms with van der Waals surface area (Å²) in [5.41, 5.74) is 1.31. The van der Waals surface area contributed by atoms with Gasteiger partial charge in [-0.05, 0) is 36.5 Å². The van der Waals surface area contributed by atoms with Gasteiger partial charge in [-0.2, -0.15) is 0 Å². The molecule has 0 amide bonds. The second kappa shape index (κ2) is 5.30. The normalized spacial score (nSPS) is 26.2. The average molecular weight is 316 g/mol. The fraction of sp³-hybridized carbons (Fsp3) is 0.571. The summed E-state index contributed by atoms with van der Waals surface area (Å²) in [6.07, 6.45) is 3.22. The van der Waals surface area contributed by atoms with Crippen molar-refractivity contribution in [2.75, 3.05) is 19.3 Å². The van der Waals surface area contributed by atoms with Crippen LogP contribution in [0.25, 0.3) is 0 Å². The monoisotopic (exact) mass is 316 g/mol. The summed E-state index contributed by atoms with van der Waals surface area (Å²) in [5.74, 6) is -1.03. The van der Waals surface area contributed by atoms with Gasteiger partial charge in [0, 0.05) is 31.2 Å². The van der Waals surface area contributed by atoms with Crippen molar-refractivity contribution in [2.45, 2.75) is 31.3 Å². The number of nitrogens with one attached hydrogen (secondary N) is 1. The third kappa shape index (κ3) is 3.09. The first-order valence-electron chi connectivity index (χ1n) is 7.02. The van der Waals surface area contributed by atoms with E-state index in [-0.39, 0.29) is 12.1 Å². The first kappa shape index (κ1) is 14.9. The number of nitrogens with zero attached hydrogens (tertiary/aromatic N) is 1. The van der Waals surface area contributed by atoms with E-state index in [1.165, 1.54) is 6.07 Å². The van der Waals surface area contributed by atoms with Crippen LogP contribution in [0.4, 0.5) is 8.78 Å². The molecule has 7 heteroatoms. The Morgan fingerprint density at radius 2 is 2.05 bits per heavy atom. The van der Waals surface area contributed by atoms with Gasteiger partial charge in [0.15, 0.2) is 0 Å². The van der Waals surface area contributed by atoms with Crippen LogP contribution in [-0.2, 0) is 16.4 Å². The maximum Gasteiger partial charge on any atom is 0.208 e. The third-order valence-electron chi connectivity index (χ3n) is 4.26. The topological polar surface area (TPSA) is 49.4 Å². The Kier molecular flexibility index (Phi) is 3.75. The molecule has 3 rings (SSSR count). The van der Waals surface area contributed by atoms with Gasteiger partial charge in [0.25, 0.3) is 0 Å². The molecule has 1 fully saturated rings. The summed E-state index contributed by atoms with van der Waals surface area (Å²) in [4.78, 5) is 2.12. The van der Waals surface area contributed by atoms with Crippen LogP contribution in [0.2, 0.25) is 0 Å². The number of hydrogen-bond acceptors (Lipinski definition) is 3. The zero-order valence-corrected chi connectivity index (χ0v) is 12.6. The molecule has 116 valence electrons. The van der Waals surface area contributed by atoms with Crippen molar-refractivity contribution in [1.82, 2.24) is 9.62 Å². The van der Waals surface area contributed by atoms with Gasteiger partial charge in [0.2, 0.25) is 10.0 Å². The van der Waals surface area contributed by atoms with E-state index in [4.69, 9.17) is 0 Å². The van der Waals surface area contributed by atoms with Gasteiger partial charge in [-0.15, -0.1) is 0 Å². The lowest BCUT2D eigenvalue weighted by Gasteiger charge is -2.25. The molecule has 0 unspecified atom stereocenters. The van der Waals surface area contributed by atoms with Crippen molar-refractivity contribution in [2.24, 2.45) is 0 Å². The molecule has 0 saturated carbocycles. The number of likely N-dealkylation sites (tertiary alicyclic amines) is 1. The van der Waals surface area contributed by atoms with Gasteiger partial charge >= 0.3 is 0 Å². The molecular formula is C14H18F2N2O2S. The summed E-state index contributed by atoms with van der Waals surface area (Å²) in [6, 6.07) is 2.20. The Morgan fingerprint density at radius 3 is 2.76 bits per heavy atom. The van der Waals surface area contributed by atoms with Gasteiger partial charge in [-0.3, -0.25) is 4.90 Å². The Labute approximate surface area is 123 Å². The van der Waals surface area contributed by atoms with Crippen LogP contribution in [0, 0.1) is 11.6 Å². The summed E-state index contributed by atoms with van der Waals surface area (Å²) in [5, 5.41) is 0. The quantitative estimate of drug-likeness (QED) is 0.921. The molecule has 1 aromatic carbocycles. The lowest BCUT2D eigenvalue weighted by molar-refractivity contribution is 0.240. The minimum atomic E-state index is -3.23. The Balaban J connectivity index is 1.77. The number of fused-ring (bicyclic) bond motifs is 1. The molecule has 0 spiro atoms. The van der Waals surface area contributed by atoms with Crippen LogP contribution in [0.15, 0.2) is 12.1 Å². The van der Waals surface area contributed by atoms with E-state index in [1.807, 2.05) is 0 Å². The summed E-state index contributed by atoms with van der Waals surface area (Å²) in [6.45, 7) is 1.31. The molecular weight excluding hydrogens is 298 g/mol. The highest BCUT2D eigenvalue weighted by atomic mass is 32.2. The first-order chi connectivity index (χ1) is 9.83. The highest BCUT2D eigenvalue weighted by molar-refractivity contribution is 7.88. The minimum absolute atomic E-state index is 0.0171. The van der Waals surface area contributed by atoms with E-state index in [0.717, 1.165) is 31.7 Å². The van der Waals surface area contributed by atoms with Crippen molar-refractivity contribution in [1.29, 1.82) is 0 Å². The Hall–Kier alpha value is -1.05. The smallest absolute Gasteiger partial charge is 0.208 e. The summed E-state index contributed by atoms with van der Waals surface area (Å²) in [7, 11) is -3.23. The predicted molar refractivity (Wildman–Crippen MR) is 75.4 cm³/mol. The van der Waals surface area contributed by atoms with Crippen LogP contribution < -0.4 is 4.72 Å². The van der Waals surface area contributed by atoms with E-state index in [1.54, 1.807) is 0 Å². The highest BCUT2D eigenvalue weighted by Crippen LogP contribution is 2.39. The molecule has 1 saturated heterocycles. The molecule has 1 N–H and O–H groups in total. The van der Waals surface area contributed by atoms with E-state index in [9.17, 15) is 17.2 Å². The van der Waals surface area contributed by atoms with Crippen LogP contribution in [0.3, 0.4) is 0 Å².